The van der Waals surface area contributed by atoms with Gasteiger partial charge in [0.15, 0.2) is 5.82 Å². The van der Waals surface area contributed by atoms with E-state index in [-0.39, 0.29) is 22.3 Å². The van der Waals surface area contributed by atoms with Crippen LogP contribution in [0.3, 0.4) is 0 Å². The molecule has 0 fully saturated rings. The smallest absolute Gasteiger partial charge is 0.417 e. The molecule has 33 heavy (non-hydrogen) atoms. The quantitative estimate of drug-likeness (QED) is 0.431. The van der Waals surface area contributed by atoms with Gasteiger partial charge in [-0.15, -0.1) is 13.2 Å². The van der Waals surface area contributed by atoms with Crippen molar-refractivity contribution in [3.8, 4) is 23.0 Å². The number of alkyl halides is 3. The molecule has 1 amide bonds. The number of hydrogen-bond donors (Lipinski definition) is 2. The van der Waals surface area contributed by atoms with Crippen LogP contribution in [0, 0.1) is 5.82 Å². The predicted octanol–water partition coefficient (Wildman–Crippen LogP) is 3.87. The number of aromatic nitrogens is 4. The number of rotatable bonds is 4. The number of nitrogens with zero attached hydrogens (tertiary/aromatic N) is 3. The van der Waals surface area contributed by atoms with Gasteiger partial charge in [-0.1, -0.05) is 0 Å². The Morgan fingerprint density at radius 1 is 1.09 bits per heavy atom. The van der Waals surface area contributed by atoms with E-state index in [9.17, 15) is 18.0 Å². The van der Waals surface area contributed by atoms with Crippen LogP contribution in [0.2, 0.25) is 5.28 Å². The summed E-state index contributed by atoms with van der Waals surface area (Å²) >= 11 is 5.74. The Kier molecular flexibility index (Phi) is 5.20. The fraction of sp³-hybridized carbons (Fsp3) is 0.300. The number of carbonyl (C=O) groups excluding carboxylic acids is 1. The molecule has 0 unspecified atom stereocenters. The molecular formula is C20H14ClF4N5O3. The minimum atomic E-state index is -4.90. The summed E-state index contributed by atoms with van der Waals surface area (Å²) < 4.78 is 62.2. The number of carbonyl (C=O) groups is 1. The lowest BCUT2D eigenvalue weighted by molar-refractivity contribution is -0.330. The molecule has 5 rings (SSSR count). The van der Waals surface area contributed by atoms with Crippen LogP contribution in [0.15, 0.2) is 12.4 Å². The van der Waals surface area contributed by atoms with Crippen molar-refractivity contribution in [2.75, 3.05) is 6.54 Å². The van der Waals surface area contributed by atoms with Crippen LogP contribution in [-0.2, 0) is 30.6 Å². The van der Waals surface area contributed by atoms with E-state index in [1.165, 1.54) is 6.20 Å². The minimum Gasteiger partial charge on any atom is -0.417 e. The number of H-pyrrole nitrogens is 1. The molecule has 13 heteroatoms. The molecule has 0 aromatic carbocycles. The van der Waals surface area contributed by atoms with Gasteiger partial charge in [0.05, 0.1) is 23.4 Å². The molecule has 4 heterocycles. The number of hydrogen-bond acceptors (Lipinski definition) is 6. The molecule has 3 aromatic heterocycles. The lowest BCUT2D eigenvalue weighted by atomic mass is 9.88. The van der Waals surface area contributed by atoms with Crippen molar-refractivity contribution < 1.29 is 31.8 Å². The Morgan fingerprint density at radius 2 is 1.91 bits per heavy atom. The molecule has 2 N–H and O–H groups in total. The Balaban J connectivity index is 1.54. The molecule has 2 aliphatic rings. The van der Waals surface area contributed by atoms with Crippen molar-refractivity contribution in [3.05, 3.63) is 51.4 Å². The monoisotopic (exact) mass is 483 g/mol. The zero-order valence-corrected chi connectivity index (χ0v) is 17.4. The van der Waals surface area contributed by atoms with Crippen molar-refractivity contribution in [1.82, 2.24) is 25.3 Å². The Morgan fingerprint density at radius 3 is 2.70 bits per heavy atom. The number of pyridine rings is 1. The van der Waals surface area contributed by atoms with Crippen LogP contribution in [-0.4, -0.2) is 38.8 Å². The third-order valence-electron chi connectivity index (χ3n) is 5.41. The molecule has 0 saturated carbocycles. The summed E-state index contributed by atoms with van der Waals surface area (Å²) in [4.78, 5) is 26.8. The van der Waals surface area contributed by atoms with Crippen LogP contribution in [0.1, 0.15) is 32.7 Å². The molecule has 0 saturated heterocycles. The number of halogens is 5. The minimum absolute atomic E-state index is 0.191. The second-order valence-corrected chi connectivity index (χ2v) is 7.76. The Labute approximate surface area is 188 Å². The van der Waals surface area contributed by atoms with E-state index in [2.05, 4.69) is 30.0 Å². The van der Waals surface area contributed by atoms with Gasteiger partial charge in [-0.05, 0) is 35.6 Å². The summed E-state index contributed by atoms with van der Waals surface area (Å²) in [5.41, 5.74) is 3.01. The van der Waals surface area contributed by atoms with Crippen molar-refractivity contribution >= 4 is 17.5 Å². The Hall–Kier alpha value is -3.25. The number of aromatic amines is 1. The van der Waals surface area contributed by atoms with Gasteiger partial charge in [-0.2, -0.15) is 4.98 Å². The highest BCUT2D eigenvalue weighted by molar-refractivity contribution is 6.28. The SMILES string of the molecule is O=C1NCCc2[nH]c3c(c21)CCc1cnc(Oc2nc(Cl)ncc2COC(F)(F)F)c(F)c1-3. The summed E-state index contributed by atoms with van der Waals surface area (Å²) in [6, 6.07) is 0. The second kappa shape index (κ2) is 7.96. The number of nitrogens with one attached hydrogen (secondary N) is 2. The number of amides is 1. The Bertz CT molecular complexity index is 1280. The highest BCUT2D eigenvalue weighted by Crippen LogP contribution is 2.41. The first-order valence-electron chi connectivity index (χ1n) is 9.81. The zero-order chi connectivity index (χ0) is 23.3. The first-order chi connectivity index (χ1) is 15.7. The van der Waals surface area contributed by atoms with Crippen molar-refractivity contribution in [1.29, 1.82) is 0 Å². The molecule has 0 spiro atoms. The molecule has 3 aromatic rings. The van der Waals surface area contributed by atoms with Crippen molar-refractivity contribution in [2.24, 2.45) is 0 Å². The molecule has 1 aliphatic heterocycles. The maximum atomic E-state index is 15.6. The summed E-state index contributed by atoms with van der Waals surface area (Å²) in [5, 5.41) is 2.47. The molecule has 0 atom stereocenters. The van der Waals surface area contributed by atoms with Crippen LogP contribution in [0.4, 0.5) is 17.6 Å². The number of fused-ring (bicyclic) bond motifs is 5. The molecule has 0 radical (unpaired) electrons. The maximum Gasteiger partial charge on any atom is 0.522 e. The van der Waals surface area contributed by atoms with Gasteiger partial charge < -0.3 is 15.0 Å². The van der Waals surface area contributed by atoms with E-state index in [1.807, 2.05) is 0 Å². The van der Waals surface area contributed by atoms with E-state index in [0.717, 1.165) is 11.9 Å². The maximum absolute atomic E-state index is 15.6. The van der Waals surface area contributed by atoms with Gasteiger partial charge in [-0.3, -0.25) is 9.53 Å². The normalized spacial score (nSPS) is 14.9. The van der Waals surface area contributed by atoms with E-state index >= 15 is 4.39 Å². The summed E-state index contributed by atoms with van der Waals surface area (Å²) in [5.74, 6) is -1.99. The van der Waals surface area contributed by atoms with E-state index in [0.29, 0.717) is 48.2 Å². The fourth-order valence-electron chi connectivity index (χ4n) is 4.02. The first-order valence-corrected chi connectivity index (χ1v) is 10.2. The summed E-state index contributed by atoms with van der Waals surface area (Å²) in [7, 11) is 0. The average Bonchev–Trinajstić information content (AvgIpc) is 3.14. The van der Waals surface area contributed by atoms with Crippen LogP contribution in [0.25, 0.3) is 11.3 Å². The largest absolute Gasteiger partial charge is 0.522 e. The lowest BCUT2D eigenvalue weighted by Crippen LogP contribution is -2.32. The second-order valence-electron chi connectivity index (χ2n) is 7.42. The highest BCUT2D eigenvalue weighted by Gasteiger charge is 2.33. The molecule has 0 bridgehead atoms. The fourth-order valence-corrected chi connectivity index (χ4v) is 4.14. The van der Waals surface area contributed by atoms with Gasteiger partial charge in [0.1, 0.15) is 0 Å². The lowest BCUT2D eigenvalue weighted by Gasteiger charge is -2.19. The molecule has 8 nitrogen and oxygen atoms in total. The third-order valence-corrected chi connectivity index (χ3v) is 5.59. The topological polar surface area (TPSA) is 102 Å². The first kappa shape index (κ1) is 21.6. The third kappa shape index (κ3) is 4.00. The average molecular weight is 484 g/mol. The van der Waals surface area contributed by atoms with Gasteiger partial charge in [0.2, 0.25) is 11.2 Å². The van der Waals surface area contributed by atoms with Crippen LogP contribution in [0.5, 0.6) is 11.8 Å². The molecule has 172 valence electrons. The van der Waals surface area contributed by atoms with Crippen LogP contribution < -0.4 is 10.1 Å². The zero-order valence-electron chi connectivity index (χ0n) is 16.6. The standard InChI is InChI=1S/C20H14ClF4N5O3/c21-19-28-6-9(7-32-20(23,24)25)17(30-19)33-18-14(22)12-8(5-27-18)1-2-10-13-11(29-15(10)12)3-4-26-16(13)31/h5-6,29H,1-4,7H2,(H,26,31). The van der Waals surface area contributed by atoms with Gasteiger partial charge in [0.25, 0.3) is 11.8 Å². The van der Waals surface area contributed by atoms with Gasteiger partial charge >= 0.3 is 6.36 Å². The van der Waals surface area contributed by atoms with E-state index < -0.39 is 30.5 Å². The van der Waals surface area contributed by atoms with Gasteiger partial charge in [-0.25, -0.2) is 14.4 Å². The van der Waals surface area contributed by atoms with Gasteiger partial charge in [0, 0.05) is 36.6 Å². The molecular weight excluding hydrogens is 470 g/mol. The van der Waals surface area contributed by atoms with E-state index in [1.54, 1.807) is 0 Å². The predicted molar refractivity (Wildman–Crippen MR) is 105 cm³/mol. The highest BCUT2D eigenvalue weighted by atomic mass is 35.5. The van der Waals surface area contributed by atoms with Crippen molar-refractivity contribution in [2.45, 2.75) is 32.2 Å². The summed E-state index contributed by atoms with van der Waals surface area (Å²) in [6.45, 7) is -0.492. The van der Waals surface area contributed by atoms with E-state index in [4.69, 9.17) is 16.3 Å². The summed E-state index contributed by atoms with van der Waals surface area (Å²) in [6.07, 6.45) is -0.922. The number of ether oxygens (including phenoxy) is 2. The van der Waals surface area contributed by atoms with Crippen molar-refractivity contribution in [3.63, 3.8) is 0 Å². The number of aryl methyl sites for hydroxylation is 1. The van der Waals surface area contributed by atoms with Crippen LogP contribution >= 0.6 is 11.6 Å². The molecule has 1 aliphatic carbocycles.